The number of amides is 2. The smallest absolute Gasteiger partial charge is 0.253 e. The van der Waals surface area contributed by atoms with E-state index in [9.17, 15) is 14.4 Å². The second-order valence-corrected chi connectivity index (χ2v) is 9.15. The van der Waals surface area contributed by atoms with Gasteiger partial charge in [-0.05, 0) is 31.2 Å². The van der Waals surface area contributed by atoms with Gasteiger partial charge in [0.2, 0.25) is 5.91 Å². The number of carbonyl (C=O) groups excluding carboxylic acids is 3. The Bertz CT molecular complexity index is 938. The van der Waals surface area contributed by atoms with Gasteiger partial charge in [0.1, 0.15) is 18.7 Å². The van der Waals surface area contributed by atoms with Gasteiger partial charge in [0, 0.05) is 22.0 Å². The zero-order valence-corrected chi connectivity index (χ0v) is 17.5. The van der Waals surface area contributed by atoms with Crippen LogP contribution >= 0.6 is 11.3 Å². The summed E-state index contributed by atoms with van der Waals surface area (Å²) in [4.78, 5) is 40.4. The topological polar surface area (TPSA) is 75.7 Å². The zero-order chi connectivity index (χ0) is 20.5. The maximum absolute atomic E-state index is 13.4. The van der Waals surface area contributed by atoms with Gasteiger partial charge in [-0.1, -0.05) is 32.0 Å². The van der Waals surface area contributed by atoms with Crippen LogP contribution in [0.1, 0.15) is 43.5 Å². The predicted molar refractivity (Wildman–Crippen MR) is 112 cm³/mol. The summed E-state index contributed by atoms with van der Waals surface area (Å²) in [6, 6.07) is 6.58. The van der Waals surface area contributed by atoms with Crippen molar-refractivity contribution >= 4 is 39.0 Å². The van der Waals surface area contributed by atoms with Gasteiger partial charge >= 0.3 is 0 Å². The molecule has 0 unspecified atom stereocenters. The highest BCUT2D eigenvalue weighted by molar-refractivity contribution is 7.17. The van der Waals surface area contributed by atoms with E-state index in [-0.39, 0.29) is 36.2 Å². The van der Waals surface area contributed by atoms with Crippen molar-refractivity contribution in [1.82, 2.24) is 10.2 Å². The summed E-state index contributed by atoms with van der Waals surface area (Å²) >= 11 is 1.52. The van der Waals surface area contributed by atoms with Crippen LogP contribution < -0.4 is 5.32 Å². The normalized spacial score (nSPS) is 22.7. The van der Waals surface area contributed by atoms with Gasteiger partial charge in [0.05, 0.1) is 11.7 Å². The first-order valence-electron chi connectivity index (χ1n) is 10.2. The Hall–Kier alpha value is -2.25. The number of ketones is 1. The molecule has 154 valence electrons. The highest BCUT2D eigenvalue weighted by Crippen LogP contribution is 2.28. The van der Waals surface area contributed by atoms with Crippen molar-refractivity contribution in [3.05, 3.63) is 35.2 Å². The quantitative estimate of drug-likeness (QED) is 0.816. The fraction of sp³-hybridized carbons (Fsp3) is 0.500. The number of piperidine rings is 1. The molecule has 0 saturated carbocycles. The van der Waals surface area contributed by atoms with E-state index < -0.39 is 12.1 Å². The molecule has 1 N–H and O–H groups in total. The SMILES string of the molecule is CC(C)C[C@H](NC(=O)c1csc2ccccc12)C(=O)N1CCC[C@@H]2OCC(=O)[C@@H]21. The standard InChI is InChI=1S/C22H26N2O4S/c1-13(2)10-16(22(27)24-9-5-7-18-20(24)17(25)11-28-18)23-21(26)15-12-29-19-8-4-3-6-14(15)19/h3-4,6,8,12-13,16,18,20H,5,7,9-11H2,1-2H3,(H,23,26)/t16-,18-,20-/m0/s1. The third kappa shape index (κ3) is 3.94. The van der Waals surface area contributed by atoms with Crippen LogP contribution in [0.4, 0.5) is 0 Å². The van der Waals surface area contributed by atoms with Gasteiger partial charge in [-0.15, -0.1) is 11.3 Å². The number of Topliss-reactive ketones (excluding diaryl/α,β-unsaturated/α-hetero) is 1. The number of rotatable bonds is 5. The van der Waals surface area contributed by atoms with Crippen molar-refractivity contribution in [3.63, 3.8) is 0 Å². The lowest BCUT2D eigenvalue weighted by molar-refractivity contribution is -0.142. The molecule has 2 aromatic rings. The van der Waals surface area contributed by atoms with Crippen molar-refractivity contribution in [2.24, 2.45) is 5.92 Å². The molecular formula is C22H26N2O4S. The van der Waals surface area contributed by atoms with Crippen molar-refractivity contribution in [3.8, 4) is 0 Å². The molecule has 0 bridgehead atoms. The Balaban J connectivity index is 1.56. The molecule has 2 fully saturated rings. The van der Waals surface area contributed by atoms with E-state index in [1.165, 1.54) is 11.3 Å². The van der Waals surface area contributed by atoms with Crippen molar-refractivity contribution in [2.45, 2.75) is 51.3 Å². The van der Waals surface area contributed by atoms with Crippen molar-refractivity contribution in [2.75, 3.05) is 13.2 Å². The molecule has 0 radical (unpaired) electrons. The fourth-order valence-corrected chi connectivity index (χ4v) is 5.26. The number of nitrogens with zero attached hydrogens (tertiary/aromatic N) is 1. The predicted octanol–water partition coefficient (Wildman–Crippen LogP) is 3.00. The molecule has 4 rings (SSSR count). The molecular weight excluding hydrogens is 388 g/mol. The van der Waals surface area contributed by atoms with E-state index in [4.69, 9.17) is 4.74 Å². The minimum atomic E-state index is -0.659. The van der Waals surface area contributed by atoms with Gasteiger partial charge in [0.15, 0.2) is 5.78 Å². The zero-order valence-electron chi connectivity index (χ0n) is 16.7. The summed E-state index contributed by atoms with van der Waals surface area (Å²) in [5.74, 6) is -0.245. The summed E-state index contributed by atoms with van der Waals surface area (Å²) in [7, 11) is 0. The van der Waals surface area contributed by atoms with Crippen LogP contribution in [0.25, 0.3) is 10.1 Å². The summed E-state index contributed by atoms with van der Waals surface area (Å²) in [6.45, 7) is 4.65. The molecule has 2 aliphatic rings. The van der Waals surface area contributed by atoms with Gasteiger partial charge in [-0.25, -0.2) is 0 Å². The van der Waals surface area contributed by atoms with Gasteiger partial charge < -0.3 is 15.0 Å². The Morgan fingerprint density at radius 1 is 1.31 bits per heavy atom. The maximum atomic E-state index is 13.4. The first-order chi connectivity index (χ1) is 14.0. The molecule has 2 amide bonds. The number of hydrogen-bond acceptors (Lipinski definition) is 5. The molecule has 7 heteroatoms. The molecule has 29 heavy (non-hydrogen) atoms. The van der Waals surface area contributed by atoms with Crippen LogP contribution in [-0.2, 0) is 14.3 Å². The molecule has 1 aromatic heterocycles. The van der Waals surface area contributed by atoms with E-state index in [0.29, 0.717) is 18.5 Å². The number of fused-ring (bicyclic) bond motifs is 2. The lowest BCUT2D eigenvalue weighted by Crippen LogP contribution is -2.58. The third-order valence-corrected chi connectivity index (χ3v) is 6.63. The second kappa shape index (κ2) is 8.24. The van der Waals surface area contributed by atoms with Crippen LogP contribution in [-0.4, -0.2) is 53.8 Å². The summed E-state index contributed by atoms with van der Waals surface area (Å²) in [5.41, 5.74) is 0.587. The molecule has 1 aromatic carbocycles. The summed E-state index contributed by atoms with van der Waals surface area (Å²) < 4.78 is 6.61. The third-order valence-electron chi connectivity index (χ3n) is 5.66. The van der Waals surface area contributed by atoms with Gasteiger partial charge in [0.25, 0.3) is 5.91 Å². The van der Waals surface area contributed by atoms with E-state index in [0.717, 1.165) is 22.9 Å². The Morgan fingerprint density at radius 2 is 2.10 bits per heavy atom. The van der Waals surface area contributed by atoms with Crippen molar-refractivity contribution < 1.29 is 19.1 Å². The molecule has 2 aliphatic heterocycles. The van der Waals surface area contributed by atoms with Crippen molar-refractivity contribution in [1.29, 1.82) is 0 Å². The minimum absolute atomic E-state index is 0.0403. The average molecular weight is 415 g/mol. The fourth-order valence-electron chi connectivity index (χ4n) is 4.32. The van der Waals surface area contributed by atoms with E-state index in [1.54, 1.807) is 4.90 Å². The Kier molecular flexibility index (Phi) is 5.69. The van der Waals surface area contributed by atoms with Gasteiger partial charge in [-0.2, -0.15) is 0 Å². The number of hydrogen-bond donors (Lipinski definition) is 1. The van der Waals surface area contributed by atoms with Crippen LogP contribution in [0.5, 0.6) is 0 Å². The highest BCUT2D eigenvalue weighted by atomic mass is 32.1. The number of thiophene rings is 1. The first-order valence-corrected chi connectivity index (χ1v) is 11.1. The lowest BCUT2D eigenvalue weighted by Gasteiger charge is -2.37. The molecule has 2 saturated heterocycles. The summed E-state index contributed by atoms with van der Waals surface area (Å²) in [5, 5.41) is 5.69. The Labute approximate surface area is 174 Å². The first kappa shape index (κ1) is 20.0. The minimum Gasteiger partial charge on any atom is -0.368 e. The van der Waals surface area contributed by atoms with E-state index in [1.807, 2.05) is 43.5 Å². The number of carbonyl (C=O) groups is 3. The van der Waals surface area contributed by atoms with Gasteiger partial charge in [-0.3, -0.25) is 14.4 Å². The highest BCUT2D eigenvalue weighted by Gasteiger charge is 2.45. The number of ether oxygens (including phenoxy) is 1. The lowest BCUT2D eigenvalue weighted by atomic mass is 9.95. The Morgan fingerprint density at radius 3 is 2.90 bits per heavy atom. The van der Waals surface area contributed by atoms with E-state index >= 15 is 0 Å². The number of benzene rings is 1. The van der Waals surface area contributed by atoms with Crippen LogP contribution in [0.15, 0.2) is 29.6 Å². The van der Waals surface area contributed by atoms with Crippen LogP contribution in [0.3, 0.4) is 0 Å². The molecule has 6 nitrogen and oxygen atoms in total. The summed E-state index contributed by atoms with van der Waals surface area (Å²) in [6.07, 6.45) is 1.91. The molecule has 3 atom stereocenters. The van der Waals surface area contributed by atoms with Crippen LogP contribution in [0.2, 0.25) is 0 Å². The second-order valence-electron chi connectivity index (χ2n) is 8.24. The molecule has 0 aliphatic carbocycles. The van der Waals surface area contributed by atoms with E-state index in [2.05, 4.69) is 5.32 Å². The number of likely N-dealkylation sites (tertiary alicyclic amines) is 1. The average Bonchev–Trinajstić information content (AvgIpc) is 3.30. The maximum Gasteiger partial charge on any atom is 0.253 e. The molecule has 0 spiro atoms. The molecule has 3 heterocycles. The van der Waals surface area contributed by atoms with Crippen LogP contribution in [0, 0.1) is 5.92 Å². The number of nitrogens with one attached hydrogen (secondary N) is 1. The largest absolute Gasteiger partial charge is 0.368 e. The monoisotopic (exact) mass is 414 g/mol.